The number of alkyl halides is 3. The number of hydrogen-bond donors (Lipinski definition) is 2. The van der Waals surface area contributed by atoms with Gasteiger partial charge in [-0.1, -0.05) is 24.4 Å². The molecule has 1 heterocycles. The number of nitrogens with zero attached hydrogens (tertiary/aromatic N) is 4. The van der Waals surface area contributed by atoms with Crippen LogP contribution >= 0.6 is 11.6 Å². The van der Waals surface area contributed by atoms with Crippen LogP contribution in [0.4, 0.5) is 29.1 Å². The van der Waals surface area contributed by atoms with Crippen molar-refractivity contribution in [2.45, 2.75) is 37.9 Å². The van der Waals surface area contributed by atoms with Crippen molar-refractivity contribution < 1.29 is 22.4 Å². The van der Waals surface area contributed by atoms with Crippen LogP contribution in [-0.2, 0) is 6.18 Å². The van der Waals surface area contributed by atoms with Crippen LogP contribution in [0.15, 0.2) is 53.5 Å². The number of carbonyl (C=O) groups excluding carboxylic acids is 1. The molecule has 12 heteroatoms. The average molecular weight is 519 g/mol. The molecule has 0 atom stereocenters. The molecule has 1 aliphatic carbocycles. The first-order valence-electron chi connectivity index (χ1n) is 10.9. The number of benzene rings is 2. The Labute approximate surface area is 208 Å². The predicted octanol–water partition coefficient (Wildman–Crippen LogP) is 6.21. The van der Waals surface area contributed by atoms with E-state index in [1.54, 1.807) is 0 Å². The lowest BCUT2D eigenvalue weighted by molar-refractivity contribution is -0.141. The van der Waals surface area contributed by atoms with Gasteiger partial charge in [-0.05, 0) is 55.3 Å². The quantitative estimate of drug-likeness (QED) is 0.244. The molecule has 1 amide bonds. The summed E-state index contributed by atoms with van der Waals surface area (Å²) in [5, 5.41) is 18.0. The molecule has 2 aromatic carbocycles. The fourth-order valence-electron chi connectivity index (χ4n) is 3.86. The Balaban J connectivity index is 1.74. The lowest BCUT2D eigenvalue weighted by Crippen LogP contribution is -2.36. The number of anilines is 1. The van der Waals surface area contributed by atoms with Crippen molar-refractivity contribution in [1.29, 1.82) is 5.26 Å². The normalized spacial score (nSPS) is 14.5. The minimum absolute atomic E-state index is 0.0608. The monoisotopic (exact) mass is 518 g/mol. The van der Waals surface area contributed by atoms with Gasteiger partial charge in [-0.3, -0.25) is 10.1 Å². The highest BCUT2D eigenvalue weighted by Gasteiger charge is 2.36. The van der Waals surface area contributed by atoms with E-state index in [2.05, 4.69) is 20.7 Å². The Hall–Kier alpha value is -3.91. The predicted molar refractivity (Wildman–Crippen MR) is 125 cm³/mol. The molecule has 0 unspecified atom stereocenters. The van der Waals surface area contributed by atoms with Crippen molar-refractivity contribution in [3.63, 3.8) is 0 Å². The molecular formula is C24H19ClF4N6O. The van der Waals surface area contributed by atoms with Crippen LogP contribution in [0.2, 0.25) is 5.02 Å². The molecule has 7 nitrogen and oxygen atoms in total. The van der Waals surface area contributed by atoms with E-state index in [4.69, 9.17) is 16.9 Å². The number of aromatic nitrogens is 2. The Morgan fingerprint density at radius 2 is 1.83 bits per heavy atom. The highest BCUT2D eigenvalue weighted by atomic mass is 35.5. The minimum atomic E-state index is -4.69. The Morgan fingerprint density at radius 1 is 1.14 bits per heavy atom. The number of carbonyl (C=O) groups is 1. The van der Waals surface area contributed by atoms with Gasteiger partial charge < -0.3 is 5.32 Å². The first-order valence-corrected chi connectivity index (χ1v) is 11.3. The number of nitrogens with one attached hydrogen (secondary N) is 2. The summed E-state index contributed by atoms with van der Waals surface area (Å²) >= 11 is 5.92. The first-order chi connectivity index (χ1) is 17.1. The van der Waals surface area contributed by atoms with E-state index in [1.165, 1.54) is 35.0 Å². The number of rotatable bonds is 4. The van der Waals surface area contributed by atoms with Crippen molar-refractivity contribution in [2.75, 3.05) is 5.32 Å². The highest BCUT2D eigenvalue weighted by molar-refractivity contribution is 6.31. The van der Waals surface area contributed by atoms with Crippen molar-refractivity contribution in [3.8, 4) is 6.07 Å². The second kappa shape index (κ2) is 10.4. The number of guanidine groups is 1. The smallest absolute Gasteiger partial charge is 0.325 e. The van der Waals surface area contributed by atoms with Crippen molar-refractivity contribution in [3.05, 3.63) is 76.2 Å². The molecule has 0 aliphatic heterocycles. The van der Waals surface area contributed by atoms with Gasteiger partial charge >= 0.3 is 6.18 Å². The summed E-state index contributed by atoms with van der Waals surface area (Å²) in [7, 11) is 0. The maximum Gasteiger partial charge on any atom is 0.435 e. The standard InChI is InChI=1S/C24H19ClF4N6O/c25-16-9-17(26)11-18(10-16)31-23(33-22(36)15-7-5-14(13-30)6-8-15)32-21-12-20(24(27,28)29)34-35(21)19-3-1-2-4-19/h5-12,19H,1-4H2,(H2,31,32,33,36). The summed E-state index contributed by atoms with van der Waals surface area (Å²) in [6.45, 7) is 0. The number of aliphatic imine (C=N–C) groups is 1. The van der Waals surface area contributed by atoms with Gasteiger partial charge in [0, 0.05) is 22.3 Å². The molecule has 1 aliphatic rings. The van der Waals surface area contributed by atoms with Gasteiger partial charge in [-0.2, -0.15) is 28.5 Å². The average Bonchev–Trinajstić information content (AvgIpc) is 3.48. The van der Waals surface area contributed by atoms with Crippen LogP contribution in [0.5, 0.6) is 0 Å². The fraction of sp³-hybridized carbons (Fsp3) is 0.250. The summed E-state index contributed by atoms with van der Waals surface area (Å²) in [6.07, 6.45) is -1.72. The molecule has 1 saturated carbocycles. The first kappa shape index (κ1) is 25.2. The topological polar surface area (TPSA) is 95.1 Å². The number of nitriles is 1. The summed E-state index contributed by atoms with van der Waals surface area (Å²) in [6, 6.07) is 11.7. The molecule has 1 fully saturated rings. The van der Waals surface area contributed by atoms with Gasteiger partial charge in [-0.15, -0.1) is 0 Å². The fourth-order valence-corrected chi connectivity index (χ4v) is 4.09. The SMILES string of the molecule is N#Cc1ccc(C(=O)NC(=Nc2cc(C(F)(F)F)nn2C2CCCC2)Nc2cc(F)cc(Cl)c2)cc1. The second-order valence-electron chi connectivity index (χ2n) is 8.16. The molecule has 0 spiro atoms. The van der Waals surface area contributed by atoms with Crippen LogP contribution in [0, 0.1) is 17.1 Å². The third-order valence-corrected chi connectivity index (χ3v) is 5.76. The van der Waals surface area contributed by atoms with Crippen LogP contribution in [-0.4, -0.2) is 21.6 Å². The zero-order valence-electron chi connectivity index (χ0n) is 18.6. The van der Waals surface area contributed by atoms with Gasteiger partial charge in [0.1, 0.15) is 5.82 Å². The van der Waals surface area contributed by atoms with Crippen LogP contribution in [0.25, 0.3) is 0 Å². The van der Waals surface area contributed by atoms with Crippen molar-refractivity contribution in [1.82, 2.24) is 15.1 Å². The Morgan fingerprint density at radius 3 is 2.44 bits per heavy atom. The van der Waals surface area contributed by atoms with Gasteiger partial charge in [-0.25, -0.2) is 9.07 Å². The molecule has 0 saturated heterocycles. The van der Waals surface area contributed by atoms with Gasteiger partial charge in [0.15, 0.2) is 11.5 Å². The summed E-state index contributed by atoms with van der Waals surface area (Å²) in [5.41, 5.74) is -0.490. The van der Waals surface area contributed by atoms with E-state index >= 15 is 0 Å². The highest BCUT2D eigenvalue weighted by Crippen LogP contribution is 2.37. The summed E-state index contributed by atoms with van der Waals surface area (Å²) < 4.78 is 55.4. The lowest BCUT2D eigenvalue weighted by atomic mass is 10.1. The van der Waals surface area contributed by atoms with Crippen molar-refractivity contribution in [2.24, 2.45) is 4.99 Å². The second-order valence-corrected chi connectivity index (χ2v) is 8.59. The Kier molecular flexibility index (Phi) is 7.26. The van der Waals surface area contributed by atoms with Crippen LogP contribution in [0.1, 0.15) is 53.3 Å². The lowest BCUT2D eigenvalue weighted by Gasteiger charge is -2.15. The molecule has 2 N–H and O–H groups in total. The minimum Gasteiger partial charge on any atom is -0.325 e. The third kappa shape index (κ3) is 6.01. The molecule has 4 rings (SSSR count). The van der Waals surface area contributed by atoms with Crippen LogP contribution < -0.4 is 10.6 Å². The van der Waals surface area contributed by atoms with E-state index in [0.717, 1.165) is 31.0 Å². The van der Waals surface area contributed by atoms with Gasteiger partial charge in [0.25, 0.3) is 5.91 Å². The molecule has 36 heavy (non-hydrogen) atoms. The van der Waals surface area contributed by atoms with E-state index in [0.29, 0.717) is 18.4 Å². The van der Waals surface area contributed by atoms with Gasteiger partial charge in [0.2, 0.25) is 5.96 Å². The van der Waals surface area contributed by atoms with Crippen molar-refractivity contribution >= 4 is 35.0 Å². The molecule has 0 radical (unpaired) electrons. The molecular weight excluding hydrogens is 500 g/mol. The molecule has 0 bridgehead atoms. The maximum atomic E-state index is 13.9. The van der Waals surface area contributed by atoms with E-state index in [-0.39, 0.29) is 34.1 Å². The molecule has 1 aromatic heterocycles. The maximum absolute atomic E-state index is 13.9. The zero-order chi connectivity index (χ0) is 25.9. The van der Waals surface area contributed by atoms with Crippen LogP contribution in [0.3, 0.4) is 0 Å². The van der Waals surface area contributed by atoms with E-state index in [1.807, 2.05) is 6.07 Å². The van der Waals surface area contributed by atoms with Gasteiger partial charge in [0.05, 0.1) is 17.7 Å². The number of halogens is 5. The number of amides is 1. The molecule has 3 aromatic rings. The largest absolute Gasteiger partial charge is 0.435 e. The van der Waals surface area contributed by atoms with E-state index in [9.17, 15) is 22.4 Å². The van der Waals surface area contributed by atoms with E-state index < -0.39 is 23.6 Å². The summed E-state index contributed by atoms with van der Waals surface area (Å²) in [4.78, 5) is 17.1. The summed E-state index contributed by atoms with van der Waals surface area (Å²) in [5.74, 6) is -1.72. The Bertz CT molecular complexity index is 1320. The molecule has 186 valence electrons. The number of hydrogen-bond acceptors (Lipinski definition) is 4. The third-order valence-electron chi connectivity index (χ3n) is 5.54. The zero-order valence-corrected chi connectivity index (χ0v) is 19.4.